The molecule has 0 radical (unpaired) electrons. The molecular formula is C26H22N2O5S. The fourth-order valence-corrected chi connectivity index (χ4v) is 5.06. The first-order valence-electron chi connectivity index (χ1n) is 10.8. The molecule has 172 valence electrons. The van der Waals surface area contributed by atoms with Crippen molar-refractivity contribution >= 4 is 38.4 Å². The van der Waals surface area contributed by atoms with Gasteiger partial charge in [0.15, 0.2) is 16.7 Å². The van der Waals surface area contributed by atoms with Crippen molar-refractivity contribution in [3.8, 4) is 5.75 Å². The average Bonchev–Trinajstić information content (AvgIpc) is 3.50. The first-order valence-corrected chi connectivity index (χ1v) is 11.7. The Morgan fingerprint density at radius 3 is 2.59 bits per heavy atom. The number of ether oxygens (including phenoxy) is 1. The van der Waals surface area contributed by atoms with Crippen molar-refractivity contribution in [3.63, 3.8) is 0 Å². The number of hydrogen-bond donors (Lipinski definition) is 1. The van der Waals surface area contributed by atoms with E-state index >= 15 is 0 Å². The third-order valence-electron chi connectivity index (χ3n) is 5.68. The zero-order chi connectivity index (χ0) is 24.0. The molecule has 2 aromatic heterocycles. The predicted octanol–water partition coefficient (Wildman–Crippen LogP) is 5.69. The second kappa shape index (κ2) is 8.46. The van der Waals surface area contributed by atoms with Crippen molar-refractivity contribution in [2.45, 2.75) is 26.8 Å². The maximum atomic E-state index is 13.4. The van der Waals surface area contributed by atoms with Gasteiger partial charge in [-0.25, -0.2) is 4.98 Å². The van der Waals surface area contributed by atoms with Crippen LogP contribution in [0.25, 0.3) is 10.2 Å². The van der Waals surface area contributed by atoms with Gasteiger partial charge in [-0.15, -0.1) is 0 Å². The third kappa shape index (κ3) is 3.66. The highest BCUT2D eigenvalue weighted by molar-refractivity contribution is 7.22. The lowest BCUT2D eigenvalue weighted by Crippen LogP contribution is -2.30. The summed E-state index contributed by atoms with van der Waals surface area (Å²) in [6.07, 6.45) is 0. The summed E-state index contributed by atoms with van der Waals surface area (Å²) in [5, 5.41) is 11.3. The summed E-state index contributed by atoms with van der Waals surface area (Å²) in [6, 6.07) is 15.4. The molecule has 34 heavy (non-hydrogen) atoms. The average molecular weight is 475 g/mol. The van der Waals surface area contributed by atoms with Crippen LogP contribution < -0.4 is 9.64 Å². The van der Waals surface area contributed by atoms with Crippen molar-refractivity contribution in [1.29, 1.82) is 0 Å². The maximum Gasteiger partial charge on any atom is 0.296 e. The largest absolute Gasteiger partial charge is 0.503 e. The van der Waals surface area contributed by atoms with Gasteiger partial charge in [-0.05, 0) is 56.7 Å². The van der Waals surface area contributed by atoms with Crippen molar-refractivity contribution in [1.82, 2.24) is 4.98 Å². The SMILES string of the molecule is CCOc1ccc2nc(N3C(=O)C(O)=C(C(=O)c4ccc(C)o4)C3c3ccc(C)cc3)sc2c1. The number of hydrogen-bond acceptors (Lipinski definition) is 7. The number of carbonyl (C=O) groups excluding carboxylic acids is 2. The van der Waals surface area contributed by atoms with Gasteiger partial charge in [-0.2, -0.15) is 0 Å². The standard InChI is InChI=1S/C26H22N2O5S/c1-4-32-17-10-11-18-20(13-17)34-26(27-18)28-22(16-8-5-14(2)6-9-16)21(24(30)25(28)31)23(29)19-12-7-15(3)33-19/h5-13,22,30H,4H2,1-3H3. The Labute approximate surface area is 199 Å². The Bertz CT molecular complexity index is 1450. The van der Waals surface area contributed by atoms with E-state index in [4.69, 9.17) is 9.15 Å². The predicted molar refractivity (Wildman–Crippen MR) is 130 cm³/mol. The minimum atomic E-state index is -0.849. The topological polar surface area (TPSA) is 92.9 Å². The monoisotopic (exact) mass is 474 g/mol. The fourth-order valence-electron chi connectivity index (χ4n) is 4.04. The number of thiazole rings is 1. The molecule has 0 fully saturated rings. The summed E-state index contributed by atoms with van der Waals surface area (Å²) in [6.45, 7) is 6.12. The van der Waals surface area contributed by atoms with E-state index in [1.165, 1.54) is 16.2 Å². The molecule has 4 aromatic rings. The summed E-state index contributed by atoms with van der Waals surface area (Å²) in [7, 11) is 0. The van der Waals surface area contributed by atoms with Crippen LogP contribution >= 0.6 is 11.3 Å². The maximum absolute atomic E-state index is 13.4. The van der Waals surface area contributed by atoms with Crippen LogP contribution in [0.4, 0.5) is 5.13 Å². The van der Waals surface area contributed by atoms with Crippen molar-refractivity contribution in [2.24, 2.45) is 0 Å². The number of aliphatic hydroxyl groups is 1. The van der Waals surface area contributed by atoms with Crippen LogP contribution in [-0.4, -0.2) is 28.4 Å². The molecule has 1 atom stereocenters. The Morgan fingerprint density at radius 1 is 1.15 bits per heavy atom. The number of aryl methyl sites for hydroxylation is 2. The van der Waals surface area contributed by atoms with Gasteiger partial charge in [0.25, 0.3) is 5.91 Å². The fraction of sp³-hybridized carbons (Fsp3) is 0.192. The number of Topliss-reactive ketones (excluding diaryl/α,β-unsaturated/α-hetero) is 1. The molecule has 1 aliphatic heterocycles. The molecule has 0 spiro atoms. The lowest BCUT2D eigenvalue weighted by atomic mass is 9.94. The van der Waals surface area contributed by atoms with Gasteiger partial charge in [-0.1, -0.05) is 41.2 Å². The number of fused-ring (bicyclic) bond motifs is 1. The number of amides is 1. The summed E-state index contributed by atoms with van der Waals surface area (Å²) in [5.74, 6) is -0.478. The van der Waals surface area contributed by atoms with Gasteiger partial charge in [-0.3, -0.25) is 14.5 Å². The zero-order valence-electron chi connectivity index (χ0n) is 18.9. The first kappa shape index (κ1) is 21.9. The Balaban J connectivity index is 1.64. The molecule has 0 bridgehead atoms. The molecule has 0 saturated heterocycles. The van der Waals surface area contributed by atoms with Crippen LogP contribution in [0, 0.1) is 13.8 Å². The minimum Gasteiger partial charge on any atom is -0.503 e. The van der Waals surface area contributed by atoms with Gasteiger partial charge in [0.2, 0.25) is 5.78 Å². The normalized spacial score (nSPS) is 16.0. The summed E-state index contributed by atoms with van der Waals surface area (Å²) in [5.41, 5.74) is 2.38. The number of ketones is 1. The number of aromatic nitrogens is 1. The van der Waals surface area contributed by atoms with Gasteiger partial charge >= 0.3 is 0 Å². The van der Waals surface area contributed by atoms with Crippen LogP contribution in [0.3, 0.4) is 0 Å². The third-order valence-corrected chi connectivity index (χ3v) is 6.69. The molecule has 1 amide bonds. The van der Waals surface area contributed by atoms with Crippen LogP contribution in [0.1, 0.15) is 40.4 Å². The van der Waals surface area contributed by atoms with Gasteiger partial charge in [0, 0.05) is 0 Å². The van der Waals surface area contributed by atoms with Crippen LogP contribution in [0.2, 0.25) is 0 Å². The zero-order valence-corrected chi connectivity index (χ0v) is 19.7. The number of rotatable bonds is 6. The molecule has 0 saturated carbocycles. The first-order chi connectivity index (χ1) is 16.4. The lowest BCUT2D eigenvalue weighted by molar-refractivity contribution is -0.117. The molecule has 8 heteroatoms. The highest BCUT2D eigenvalue weighted by Crippen LogP contribution is 2.44. The Kier molecular flexibility index (Phi) is 5.45. The quantitative estimate of drug-likeness (QED) is 0.361. The van der Waals surface area contributed by atoms with Crippen LogP contribution in [0.15, 0.2) is 70.3 Å². The number of carbonyl (C=O) groups is 2. The Morgan fingerprint density at radius 2 is 1.91 bits per heavy atom. The van der Waals surface area contributed by atoms with E-state index < -0.39 is 23.5 Å². The van der Waals surface area contributed by atoms with E-state index in [0.717, 1.165) is 10.3 Å². The molecule has 1 unspecified atom stereocenters. The molecule has 7 nitrogen and oxygen atoms in total. The van der Waals surface area contributed by atoms with Gasteiger partial charge in [0.1, 0.15) is 11.5 Å². The number of furan rings is 1. The lowest BCUT2D eigenvalue weighted by Gasteiger charge is -2.24. The smallest absolute Gasteiger partial charge is 0.296 e. The number of nitrogens with zero attached hydrogens (tertiary/aromatic N) is 2. The number of benzene rings is 2. The van der Waals surface area contributed by atoms with Gasteiger partial charge in [0.05, 0.1) is 28.4 Å². The van der Waals surface area contributed by atoms with E-state index in [1.807, 2.05) is 56.3 Å². The van der Waals surface area contributed by atoms with E-state index in [2.05, 4.69) is 4.98 Å². The van der Waals surface area contributed by atoms with Crippen molar-refractivity contribution in [3.05, 3.63) is 88.6 Å². The highest BCUT2D eigenvalue weighted by atomic mass is 32.1. The van der Waals surface area contributed by atoms with Crippen LogP contribution in [-0.2, 0) is 4.79 Å². The van der Waals surface area contributed by atoms with E-state index in [0.29, 0.717) is 34.3 Å². The van der Waals surface area contributed by atoms with E-state index in [1.54, 1.807) is 19.1 Å². The molecule has 5 rings (SSSR count). The van der Waals surface area contributed by atoms with E-state index in [-0.39, 0.29) is 11.3 Å². The second-order valence-electron chi connectivity index (χ2n) is 8.05. The number of aliphatic hydroxyl groups excluding tert-OH is 1. The summed E-state index contributed by atoms with van der Waals surface area (Å²) in [4.78, 5) is 32.8. The molecule has 2 aromatic carbocycles. The molecule has 3 heterocycles. The summed E-state index contributed by atoms with van der Waals surface area (Å²) < 4.78 is 11.9. The Hall–Kier alpha value is -3.91. The van der Waals surface area contributed by atoms with Crippen molar-refractivity contribution in [2.75, 3.05) is 11.5 Å². The molecule has 1 aliphatic rings. The minimum absolute atomic E-state index is 0.0301. The van der Waals surface area contributed by atoms with Crippen molar-refractivity contribution < 1.29 is 23.8 Å². The molecule has 0 aliphatic carbocycles. The van der Waals surface area contributed by atoms with Gasteiger partial charge < -0.3 is 14.3 Å². The molecule has 1 N–H and O–H groups in total. The van der Waals surface area contributed by atoms with Crippen LogP contribution in [0.5, 0.6) is 5.75 Å². The second-order valence-corrected chi connectivity index (χ2v) is 9.06. The van der Waals surface area contributed by atoms with E-state index in [9.17, 15) is 14.7 Å². The number of anilines is 1. The summed E-state index contributed by atoms with van der Waals surface area (Å²) >= 11 is 1.30. The molecular weight excluding hydrogens is 452 g/mol. The highest BCUT2D eigenvalue weighted by Gasteiger charge is 2.46.